The molecule has 3 rings (SSSR count). The molecule has 0 spiro atoms. The molecule has 0 aromatic carbocycles. The average molecular weight is 922 g/mol. The number of cyclic esters (lactones) is 1. The van der Waals surface area contributed by atoms with Gasteiger partial charge in [0.2, 0.25) is 0 Å². The number of hydrogen-bond donors (Lipinski definition) is 11. The van der Waals surface area contributed by atoms with Crippen molar-refractivity contribution in [1.29, 1.82) is 0 Å². The van der Waals surface area contributed by atoms with Crippen molar-refractivity contribution in [3.05, 3.63) is 85.1 Å². The third-order valence-corrected chi connectivity index (χ3v) is 11.9. The Morgan fingerprint density at radius 3 is 1.82 bits per heavy atom. The summed E-state index contributed by atoms with van der Waals surface area (Å²) in [5, 5.41) is 107. The zero-order valence-electron chi connectivity index (χ0n) is 37.5. The van der Waals surface area contributed by atoms with Crippen LogP contribution in [0.3, 0.4) is 0 Å². The van der Waals surface area contributed by atoms with E-state index in [1.165, 1.54) is 13.0 Å². The Morgan fingerprint density at radius 2 is 1.23 bits per heavy atom. The summed E-state index contributed by atoms with van der Waals surface area (Å²) in [6, 6.07) is -1.15. The number of carboxylic acid groups (broad SMARTS) is 1. The maximum absolute atomic E-state index is 12.7. The fraction of sp³-hybridized carbons (Fsp3) is 0.638. The van der Waals surface area contributed by atoms with Gasteiger partial charge in [-0.05, 0) is 20.3 Å². The van der Waals surface area contributed by atoms with Gasteiger partial charge in [0.1, 0.15) is 23.9 Å². The van der Waals surface area contributed by atoms with Crippen LogP contribution in [0.15, 0.2) is 85.1 Å². The zero-order chi connectivity index (χ0) is 48.4. The van der Waals surface area contributed by atoms with Crippen molar-refractivity contribution < 1.29 is 84.4 Å². The van der Waals surface area contributed by atoms with Crippen molar-refractivity contribution in [3.63, 3.8) is 0 Å². The van der Waals surface area contributed by atoms with E-state index in [1.54, 1.807) is 86.8 Å². The van der Waals surface area contributed by atoms with E-state index in [1.807, 2.05) is 13.0 Å². The predicted molar refractivity (Wildman–Crippen MR) is 236 cm³/mol. The van der Waals surface area contributed by atoms with Gasteiger partial charge in [-0.1, -0.05) is 98.9 Å². The van der Waals surface area contributed by atoms with Crippen LogP contribution in [0.5, 0.6) is 0 Å². The molecule has 366 valence electrons. The summed E-state index contributed by atoms with van der Waals surface area (Å²) in [5.41, 5.74) is 6.01. The molecule has 0 amide bonds. The van der Waals surface area contributed by atoms with Crippen molar-refractivity contribution in [1.82, 2.24) is 0 Å². The molecule has 3 heterocycles. The minimum atomic E-state index is -2.38. The molecule has 0 aromatic rings. The van der Waals surface area contributed by atoms with Crippen LogP contribution in [0.4, 0.5) is 0 Å². The molecule has 65 heavy (non-hydrogen) atoms. The number of allylic oxidation sites excluding steroid dienone is 12. The second-order valence-electron chi connectivity index (χ2n) is 17.4. The standard InChI is InChI=1S/C47H71NO17/c1-27-17-15-13-11-9-7-5-6-8-10-12-14-16-18-34(64-46-44(58)41(48)43(57)30(4)63-46)24-38-40(45(59)60)37(54)26-47(61,65-38)25-36(53)35(52)20-19-31(49)21-32(50)22-33(51)23-39(55)62-29(3)28(2)42(27)56/h5-18,27-30,32-38,40-44,46,50-54,56-58,61H,19-26,48H2,1-4H3,(H,59,60)/b6-5-,9-7-,10-8-,13-11-,14-12-,17-15-,18-16-/t27-,28-,29-,30?,32?,33?,34-,35?,36?,37-,38?,40?,41?,42?,43?,44?,46?,47+/m0/s1. The van der Waals surface area contributed by atoms with E-state index in [0.29, 0.717) is 0 Å². The fourth-order valence-corrected chi connectivity index (χ4v) is 7.82. The first-order valence-corrected chi connectivity index (χ1v) is 22.2. The molecule has 18 nitrogen and oxygen atoms in total. The number of aliphatic carboxylic acids is 1. The molecular formula is C47H71NO17. The minimum Gasteiger partial charge on any atom is -0.481 e. The number of ether oxygens (including phenoxy) is 4. The van der Waals surface area contributed by atoms with E-state index in [2.05, 4.69) is 0 Å². The summed E-state index contributed by atoms with van der Waals surface area (Å²) in [4.78, 5) is 37.8. The second kappa shape index (κ2) is 27.2. The molecule has 12 N–H and O–H groups in total. The highest BCUT2D eigenvalue weighted by Gasteiger charge is 2.51. The van der Waals surface area contributed by atoms with Gasteiger partial charge in [0.15, 0.2) is 12.1 Å². The Balaban J connectivity index is 1.86. The van der Waals surface area contributed by atoms with Gasteiger partial charge >= 0.3 is 11.9 Å². The van der Waals surface area contributed by atoms with E-state index in [4.69, 9.17) is 24.7 Å². The number of nitrogens with two attached hydrogens (primary N) is 1. The first kappa shape index (κ1) is 55.6. The molecular weight excluding hydrogens is 851 g/mol. The molecule has 0 aliphatic carbocycles. The van der Waals surface area contributed by atoms with E-state index in [0.717, 1.165) is 0 Å². The van der Waals surface area contributed by atoms with E-state index in [9.17, 15) is 65.4 Å². The third kappa shape index (κ3) is 18.5. The van der Waals surface area contributed by atoms with Crippen LogP contribution >= 0.6 is 0 Å². The Morgan fingerprint density at radius 1 is 0.692 bits per heavy atom. The van der Waals surface area contributed by atoms with Gasteiger partial charge < -0.3 is 75.7 Å². The zero-order valence-corrected chi connectivity index (χ0v) is 37.5. The molecule has 3 aliphatic rings. The van der Waals surface area contributed by atoms with Gasteiger partial charge in [-0.15, -0.1) is 0 Å². The largest absolute Gasteiger partial charge is 0.481 e. The maximum atomic E-state index is 12.7. The third-order valence-electron chi connectivity index (χ3n) is 11.9. The topological polar surface area (TPSA) is 316 Å². The predicted octanol–water partition coefficient (Wildman–Crippen LogP) is 0.920. The van der Waals surface area contributed by atoms with Crippen LogP contribution in [0.1, 0.15) is 79.1 Å². The second-order valence-corrected chi connectivity index (χ2v) is 17.4. The number of carbonyl (C=O) groups is 3. The van der Waals surface area contributed by atoms with Gasteiger partial charge in [0, 0.05) is 50.4 Å². The number of aliphatic hydroxyl groups excluding tert-OH is 8. The summed E-state index contributed by atoms with van der Waals surface area (Å²) >= 11 is 0. The monoisotopic (exact) mass is 921 g/mol. The Hall–Kier alpha value is -3.73. The lowest BCUT2D eigenvalue weighted by Gasteiger charge is -2.45. The lowest BCUT2D eigenvalue weighted by Crippen LogP contribution is -2.61. The lowest BCUT2D eigenvalue weighted by atomic mass is 9.82. The van der Waals surface area contributed by atoms with Crippen LogP contribution in [-0.2, 0) is 33.3 Å². The van der Waals surface area contributed by atoms with Gasteiger partial charge in [0.05, 0.1) is 73.5 Å². The van der Waals surface area contributed by atoms with Crippen LogP contribution in [0, 0.1) is 17.8 Å². The van der Waals surface area contributed by atoms with E-state index in [-0.39, 0.29) is 31.6 Å². The molecule has 18 heteroatoms. The van der Waals surface area contributed by atoms with E-state index >= 15 is 0 Å². The van der Waals surface area contributed by atoms with Crippen molar-refractivity contribution in [2.45, 2.75) is 170 Å². The number of ketones is 1. The summed E-state index contributed by atoms with van der Waals surface area (Å²) < 4.78 is 23.1. The molecule has 2 bridgehead atoms. The Bertz CT molecular complexity index is 1710. The number of carboxylic acids is 1. The highest BCUT2D eigenvalue weighted by atomic mass is 16.7. The number of hydrogen-bond acceptors (Lipinski definition) is 17. The highest BCUT2D eigenvalue weighted by Crippen LogP contribution is 2.38. The van der Waals surface area contributed by atoms with Gasteiger partial charge in [-0.25, -0.2) is 0 Å². The highest BCUT2D eigenvalue weighted by molar-refractivity contribution is 5.78. The lowest BCUT2D eigenvalue weighted by molar-refractivity contribution is -0.310. The summed E-state index contributed by atoms with van der Waals surface area (Å²) in [6.07, 6.45) is 3.67. The molecule has 0 radical (unpaired) electrons. The van der Waals surface area contributed by atoms with Gasteiger partial charge in [-0.2, -0.15) is 0 Å². The van der Waals surface area contributed by atoms with Crippen LogP contribution in [-0.4, -0.2) is 160 Å². The summed E-state index contributed by atoms with van der Waals surface area (Å²) in [5.74, 6) is -7.51. The molecule has 2 saturated heterocycles. The van der Waals surface area contributed by atoms with Crippen molar-refractivity contribution in [3.8, 4) is 0 Å². The first-order chi connectivity index (χ1) is 30.6. The smallest absolute Gasteiger partial charge is 0.311 e. The molecule has 18 atom stereocenters. The minimum absolute atomic E-state index is 0.291. The normalized spacial score (nSPS) is 44.4. The first-order valence-electron chi connectivity index (χ1n) is 22.2. The molecule has 0 saturated carbocycles. The van der Waals surface area contributed by atoms with E-state index < -0.39 is 147 Å². The van der Waals surface area contributed by atoms with Crippen LogP contribution in [0.25, 0.3) is 0 Å². The average Bonchev–Trinajstić information content (AvgIpc) is 3.21. The Kier molecular flexibility index (Phi) is 23.2. The van der Waals surface area contributed by atoms with Gasteiger partial charge in [-0.3, -0.25) is 14.4 Å². The quantitative estimate of drug-likeness (QED) is 0.175. The number of carbonyl (C=O) groups excluding carboxylic acids is 2. The number of aliphatic hydroxyl groups is 9. The molecule has 12 unspecified atom stereocenters. The van der Waals surface area contributed by atoms with Crippen LogP contribution < -0.4 is 5.73 Å². The molecule has 3 aliphatic heterocycles. The maximum Gasteiger partial charge on any atom is 0.311 e. The van der Waals surface area contributed by atoms with Gasteiger partial charge in [0.25, 0.3) is 0 Å². The number of Topliss-reactive ketones (excluding diaryl/α,β-unsaturated/α-hetero) is 1. The Labute approximate surface area is 380 Å². The molecule has 2 fully saturated rings. The summed E-state index contributed by atoms with van der Waals surface area (Å²) in [6.45, 7) is 6.70. The number of fused-ring (bicyclic) bond motifs is 2. The number of rotatable bonds is 3. The summed E-state index contributed by atoms with van der Waals surface area (Å²) in [7, 11) is 0. The molecule has 0 aromatic heterocycles. The number of esters is 1. The van der Waals surface area contributed by atoms with Crippen molar-refractivity contribution in [2.75, 3.05) is 0 Å². The fourth-order valence-electron chi connectivity index (χ4n) is 7.82. The van der Waals surface area contributed by atoms with Crippen LogP contribution in [0.2, 0.25) is 0 Å². The SMILES string of the molecule is CC1OC(O[C@H]2\C=C/C=C\C=C/C=C\C=C/C=C\C=C/[C@H](C)C(O)[C@@H](C)[C@H](C)OC(=O)CC(O)CC(O)CC(=O)CCC(O)C(O)C[C@]3(O)C[C@H](O)C(C(=O)O)C(C2)O3)C(O)C(N)C1O. The van der Waals surface area contributed by atoms with Crippen molar-refractivity contribution in [2.24, 2.45) is 23.5 Å². The van der Waals surface area contributed by atoms with Crippen molar-refractivity contribution >= 4 is 17.7 Å².